The summed E-state index contributed by atoms with van der Waals surface area (Å²) in [5.74, 6) is 2.02. The highest BCUT2D eigenvalue weighted by atomic mass is 32.2. The SMILES string of the molecule is CNc1nnc(CSCC2CCCO2)s1. The number of anilines is 1. The van der Waals surface area contributed by atoms with Gasteiger partial charge in [0.15, 0.2) is 0 Å². The van der Waals surface area contributed by atoms with Crippen LogP contribution in [0.15, 0.2) is 0 Å². The van der Waals surface area contributed by atoms with Crippen LogP contribution < -0.4 is 5.32 Å². The normalized spacial score (nSPS) is 20.7. The lowest BCUT2D eigenvalue weighted by Gasteiger charge is -2.06. The van der Waals surface area contributed by atoms with E-state index in [0.717, 1.165) is 28.3 Å². The molecule has 0 saturated carbocycles. The summed E-state index contributed by atoms with van der Waals surface area (Å²) in [5, 5.41) is 13.1. The van der Waals surface area contributed by atoms with E-state index >= 15 is 0 Å². The number of hydrogen-bond donors (Lipinski definition) is 1. The maximum Gasteiger partial charge on any atom is 0.205 e. The van der Waals surface area contributed by atoms with E-state index in [0.29, 0.717) is 6.10 Å². The molecule has 1 saturated heterocycles. The number of thioether (sulfide) groups is 1. The summed E-state index contributed by atoms with van der Waals surface area (Å²) in [6.45, 7) is 0.938. The third kappa shape index (κ3) is 3.32. The largest absolute Gasteiger partial charge is 0.377 e. The molecule has 0 bridgehead atoms. The zero-order valence-corrected chi connectivity index (χ0v) is 10.4. The predicted octanol–water partition coefficient (Wildman–Crippen LogP) is 1.99. The molecule has 2 heterocycles. The van der Waals surface area contributed by atoms with Crippen molar-refractivity contribution in [3.05, 3.63) is 5.01 Å². The molecule has 1 N–H and O–H groups in total. The molecule has 1 atom stereocenters. The van der Waals surface area contributed by atoms with Gasteiger partial charge in [0.2, 0.25) is 5.13 Å². The number of aromatic nitrogens is 2. The lowest BCUT2D eigenvalue weighted by atomic mass is 10.3. The molecule has 0 aliphatic carbocycles. The van der Waals surface area contributed by atoms with Gasteiger partial charge in [0.05, 0.1) is 6.10 Å². The summed E-state index contributed by atoms with van der Waals surface area (Å²) in [5.41, 5.74) is 0. The Hall–Kier alpha value is -0.330. The molecule has 15 heavy (non-hydrogen) atoms. The molecular formula is C9H15N3OS2. The van der Waals surface area contributed by atoms with E-state index in [9.17, 15) is 0 Å². The van der Waals surface area contributed by atoms with Crippen molar-refractivity contribution in [2.24, 2.45) is 0 Å². The van der Waals surface area contributed by atoms with Crippen LogP contribution in [-0.4, -0.2) is 35.7 Å². The monoisotopic (exact) mass is 245 g/mol. The van der Waals surface area contributed by atoms with Gasteiger partial charge in [-0.2, -0.15) is 11.8 Å². The van der Waals surface area contributed by atoms with Crippen molar-refractivity contribution in [1.29, 1.82) is 0 Å². The molecule has 84 valence electrons. The molecule has 0 aromatic carbocycles. The average Bonchev–Trinajstić information content (AvgIpc) is 2.88. The number of nitrogens with zero attached hydrogens (tertiary/aromatic N) is 2. The summed E-state index contributed by atoms with van der Waals surface area (Å²) in [4.78, 5) is 0. The van der Waals surface area contributed by atoms with Crippen LogP contribution in [0.1, 0.15) is 17.8 Å². The van der Waals surface area contributed by atoms with Gasteiger partial charge in [-0.3, -0.25) is 0 Å². The minimum Gasteiger partial charge on any atom is -0.377 e. The van der Waals surface area contributed by atoms with Gasteiger partial charge in [-0.1, -0.05) is 11.3 Å². The molecule has 1 fully saturated rings. The summed E-state index contributed by atoms with van der Waals surface area (Å²) in [6, 6.07) is 0. The Morgan fingerprint density at radius 3 is 3.20 bits per heavy atom. The predicted molar refractivity (Wildman–Crippen MR) is 64.6 cm³/mol. The van der Waals surface area contributed by atoms with Crippen LogP contribution >= 0.6 is 23.1 Å². The van der Waals surface area contributed by atoms with Crippen molar-refractivity contribution in [2.75, 3.05) is 24.7 Å². The third-order valence-electron chi connectivity index (χ3n) is 2.23. The highest BCUT2D eigenvalue weighted by Gasteiger charge is 2.15. The third-order valence-corrected chi connectivity index (χ3v) is 4.44. The quantitative estimate of drug-likeness (QED) is 0.859. The number of nitrogens with one attached hydrogen (secondary N) is 1. The van der Waals surface area contributed by atoms with Gasteiger partial charge < -0.3 is 10.1 Å². The zero-order chi connectivity index (χ0) is 10.5. The molecule has 1 aliphatic rings. The van der Waals surface area contributed by atoms with Crippen molar-refractivity contribution < 1.29 is 4.74 Å². The first-order valence-corrected chi connectivity index (χ1v) is 7.05. The van der Waals surface area contributed by atoms with Crippen LogP contribution in [0.5, 0.6) is 0 Å². The van der Waals surface area contributed by atoms with E-state index in [4.69, 9.17) is 4.74 Å². The van der Waals surface area contributed by atoms with E-state index in [1.54, 1.807) is 11.3 Å². The smallest absolute Gasteiger partial charge is 0.205 e. The first-order valence-electron chi connectivity index (χ1n) is 5.08. The molecule has 0 radical (unpaired) electrons. The molecule has 0 spiro atoms. The molecule has 1 aliphatic heterocycles. The second kappa shape index (κ2) is 5.67. The van der Waals surface area contributed by atoms with Gasteiger partial charge in [0.1, 0.15) is 5.01 Å². The maximum absolute atomic E-state index is 5.55. The zero-order valence-electron chi connectivity index (χ0n) is 8.73. The highest BCUT2D eigenvalue weighted by molar-refractivity contribution is 7.98. The van der Waals surface area contributed by atoms with Gasteiger partial charge >= 0.3 is 0 Å². The minimum absolute atomic E-state index is 0.465. The van der Waals surface area contributed by atoms with Gasteiger partial charge in [0, 0.05) is 25.2 Å². The van der Waals surface area contributed by atoms with Crippen molar-refractivity contribution in [2.45, 2.75) is 24.7 Å². The summed E-state index contributed by atoms with van der Waals surface area (Å²) >= 11 is 3.50. The van der Waals surface area contributed by atoms with Crippen LogP contribution in [0.3, 0.4) is 0 Å². The molecule has 4 nitrogen and oxygen atoms in total. The fourth-order valence-electron chi connectivity index (χ4n) is 1.47. The summed E-state index contributed by atoms with van der Waals surface area (Å²) in [6.07, 6.45) is 2.89. The van der Waals surface area contributed by atoms with E-state index in [2.05, 4.69) is 15.5 Å². The number of hydrogen-bond acceptors (Lipinski definition) is 6. The minimum atomic E-state index is 0.465. The first-order chi connectivity index (χ1) is 7.38. The second-order valence-corrected chi connectivity index (χ2v) is 5.49. The van der Waals surface area contributed by atoms with E-state index < -0.39 is 0 Å². The first kappa shape index (κ1) is 11.2. The Kier molecular flexibility index (Phi) is 4.22. The fraction of sp³-hybridized carbons (Fsp3) is 0.778. The van der Waals surface area contributed by atoms with Crippen LogP contribution in [0.25, 0.3) is 0 Å². The van der Waals surface area contributed by atoms with Crippen molar-refractivity contribution in [3.8, 4) is 0 Å². The van der Waals surface area contributed by atoms with Crippen LogP contribution in [0.2, 0.25) is 0 Å². The second-order valence-electron chi connectivity index (χ2n) is 3.40. The standard InChI is InChI=1S/C9H15N3OS2/c1-10-9-12-11-8(15-9)6-14-5-7-3-2-4-13-7/h7H,2-6H2,1H3,(H,10,12). The van der Waals surface area contributed by atoms with E-state index in [-0.39, 0.29) is 0 Å². The molecule has 6 heteroatoms. The summed E-state index contributed by atoms with van der Waals surface area (Å²) < 4.78 is 5.55. The Morgan fingerprint density at radius 2 is 2.53 bits per heavy atom. The average molecular weight is 245 g/mol. The molecule has 2 rings (SSSR count). The fourth-order valence-corrected chi connectivity index (χ4v) is 3.32. The number of ether oxygens (including phenoxy) is 1. The molecule has 1 aromatic heterocycles. The number of rotatable bonds is 5. The van der Waals surface area contributed by atoms with E-state index in [1.807, 2.05) is 18.8 Å². The lowest BCUT2D eigenvalue weighted by Crippen LogP contribution is -2.07. The van der Waals surface area contributed by atoms with Crippen molar-refractivity contribution in [1.82, 2.24) is 10.2 Å². The van der Waals surface area contributed by atoms with E-state index in [1.165, 1.54) is 12.8 Å². The maximum atomic E-state index is 5.55. The Balaban J connectivity index is 1.68. The molecule has 0 amide bonds. The Labute approximate surface area is 97.8 Å². The van der Waals surface area contributed by atoms with Gasteiger partial charge in [0.25, 0.3) is 0 Å². The van der Waals surface area contributed by atoms with Gasteiger partial charge in [-0.15, -0.1) is 10.2 Å². The molecule has 1 unspecified atom stereocenters. The topological polar surface area (TPSA) is 47.0 Å². The molecule has 1 aromatic rings. The van der Waals surface area contributed by atoms with Crippen molar-refractivity contribution >= 4 is 28.2 Å². The van der Waals surface area contributed by atoms with Gasteiger partial charge in [-0.05, 0) is 12.8 Å². The molecular weight excluding hydrogens is 230 g/mol. The Bertz CT molecular complexity index is 299. The highest BCUT2D eigenvalue weighted by Crippen LogP contribution is 2.23. The van der Waals surface area contributed by atoms with Crippen LogP contribution in [0.4, 0.5) is 5.13 Å². The van der Waals surface area contributed by atoms with Gasteiger partial charge in [-0.25, -0.2) is 0 Å². The Morgan fingerprint density at radius 1 is 1.60 bits per heavy atom. The van der Waals surface area contributed by atoms with Crippen LogP contribution in [0, 0.1) is 0 Å². The van der Waals surface area contributed by atoms with Crippen LogP contribution in [-0.2, 0) is 10.5 Å². The lowest BCUT2D eigenvalue weighted by molar-refractivity contribution is 0.129. The van der Waals surface area contributed by atoms with Crippen molar-refractivity contribution in [3.63, 3.8) is 0 Å². The summed E-state index contributed by atoms with van der Waals surface area (Å²) in [7, 11) is 1.86.